The van der Waals surface area contributed by atoms with Crippen molar-refractivity contribution in [1.29, 1.82) is 0 Å². The molecular formula is C16H23NO3S. The predicted molar refractivity (Wildman–Crippen MR) is 85.2 cm³/mol. The monoisotopic (exact) mass is 309 g/mol. The highest BCUT2D eigenvalue weighted by Crippen LogP contribution is 2.26. The van der Waals surface area contributed by atoms with Crippen LogP contribution in [0.4, 0.5) is 5.69 Å². The zero-order chi connectivity index (χ0) is 15.5. The number of hydrogen-bond acceptors (Lipinski definition) is 3. The maximum atomic E-state index is 12.4. The predicted octanol–water partition coefficient (Wildman–Crippen LogP) is 2.57. The molecule has 1 heterocycles. The molecule has 1 aromatic carbocycles. The van der Waals surface area contributed by atoms with E-state index >= 15 is 0 Å². The lowest BCUT2D eigenvalue weighted by atomic mass is 9.99. The summed E-state index contributed by atoms with van der Waals surface area (Å²) in [6.07, 6.45) is 2.60. The van der Waals surface area contributed by atoms with Gasteiger partial charge >= 0.3 is 0 Å². The largest absolute Gasteiger partial charge is 0.325 e. The van der Waals surface area contributed by atoms with Crippen LogP contribution in [0.25, 0.3) is 0 Å². The lowest BCUT2D eigenvalue weighted by Crippen LogP contribution is -2.32. The number of para-hydroxylation sites is 1. The van der Waals surface area contributed by atoms with Crippen LogP contribution < -0.4 is 5.32 Å². The number of nitrogens with one attached hydrogen (secondary N) is 1. The molecule has 0 bridgehead atoms. The number of benzene rings is 1. The molecule has 116 valence electrons. The van der Waals surface area contributed by atoms with Crippen LogP contribution >= 0.6 is 0 Å². The van der Waals surface area contributed by atoms with Crippen molar-refractivity contribution in [3.63, 3.8) is 0 Å². The highest BCUT2D eigenvalue weighted by molar-refractivity contribution is 7.91. The molecule has 1 N–H and O–H groups in total. The molecule has 0 unspecified atom stereocenters. The van der Waals surface area contributed by atoms with E-state index in [0.717, 1.165) is 29.7 Å². The fourth-order valence-electron chi connectivity index (χ4n) is 2.78. The second kappa shape index (κ2) is 6.60. The van der Waals surface area contributed by atoms with Crippen molar-refractivity contribution in [3.05, 3.63) is 29.3 Å². The SMILES string of the molecule is CCc1cccc(CC)c1NC(=O)C1CCS(=O)(=O)CC1. The molecule has 0 atom stereocenters. The van der Waals surface area contributed by atoms with Gasteiger partial charge in [-0.3, -0.25) is 4.79 Å². The topological polar surface area (TPSA) is 63.2 Å². The Morgan fingerprint density at radius 1 is 1.14 bits per heavy atom. The second-order valence-corrected chi connectivity index (χ2v) is 7.88. The van der Waals surface area contributed by atoms with E-state index in [1.54, 1.807) is 0 Å². The van der Waals surface area contributed by atoms with Crippen LogP contribution in [0.1, 0.15) is 37.8 Å². The summed E-state index contributed by atoms with van der Waals surface area (Å²) in [4.78, 5) is 12.4. The van der Waals surface area contributed by atoms with Crippen LogP contribution in [-0.4, -0.2) is 25.8 Å². The lowest BCUT2D eigenvalue weighted by Gasteiger charge is -2.23. The first-order chi connectivity index (χ1) is 9.96. The summed E-state index contributed by atoms with van der Waals surface area (Å²) in [6, 6.07) is 6.07. The zero-order valence-corrected chi connectivity index (χ0v) is 13.5. The van der Waals surface area contributed by atoms with Gasteiger partial charge in [-0.25, -0.2) is 8.42 Å². The van der Waals surface area contributed by atoms with Crippen LogP contribution in [-0.2, 0) is 27.5 Å². The van der Waals surface area contributed by atoms with E-state index in [9.17, 15) is 13.2 Å². The third kappa shape index (κ3) is 3.84. The van der Waals surface area contributed by atoms with E-state index in [1.165, 1.54) is 0 Å². The maximum absolute atomic E-state index is 12.4. The van der Waals surface area contributed by atoms with Gasteiger partial charge in [0.15, 0.2) is 0 Å². The average Bonchev–Trinajstić information content (AvgIpc) is 2.47. The zero-order valence-electron chi connectivity index (χ0n) is 12.7. The van der Waals surface area contributed by atoms with Crippen molar-refractivity contribution in [2.75, 3.05) is 16.8 Å². The molecule has 0 aromatic heterocycles. The minimum atomic E-state index is -2.93. The van der Waals surface area contributed by atoms with Crippen molar-refractivity contribution in [2.24, 2.45) is 5.92 Å². The van der Waals surface area contributed by atoms with Gasteiger partial charge in [0.2, 0.25) is 5.91 Å². The third-order valence-electron chi connectivity index (χ3n) is 4.17. The van der Waals surface area contributed by atoms with Gasteiger partial charge in [-0.05, 0) is 36.8 Å². The summed E-state index contributed by atoms with van der Waals surface area (Å²) >= 11 is 0. The van der Waals surface area contributed by atoms with E-state index in [-0.39, 0.29) is 23.3 Å². The van der Waals surface area contributed by atoms with Crippen molar-refractivity contribution in [3.8, 4) is 0 Å². The highest BCUT2D eigenvalue weighted by Gasteiger charge is 2.28. The number of aryl methyl sites for hydroxylation is 2. The van der Waals surface area contributed by atoms with Crippen LogP contribution in [0.15, 0.2) is 18.2 Å². The molecule has 2 rings (SSSR count). The Bertz CT molecular complexity index is 586. The summed E-state index contributed by atoms with van der Waals surface area (Å²) in [5.74, 6) is 0.0195. The maximum Gasteiger partial charge on any atom is 0.227 e. The van der Waals surface area contributed by atoms with Crippen molar-refractivity contribution >= 4 is 21.4 Å². The second-order valence-electron chi connectivity index (χ2n) is 5.57. The van der Waals surface area contributed by atoms with Gasteiger partial charge in [-0.2, -0.15) is 0 Å². The molecule has 1 aliphatic rings. The molecule has 1 aromatic rings. The first kappa shape index (κ1) is 16.0. The van der Waals surface area contributed by atoms with E-state index in [4.69, 9.17) is 0 Å². The lowest BCUT2D eigenvalue weighted by molar-refractivity contribution is -0.120. The Hall–Kier alpha value is -1.36. The number of anilines is 1. The van der Waals surface area contributed by atoms with E-state index in [1.807, 2.05) is 18.2 Å². The molecule has 1 amide bonds. The van der Waals surface area contributed by atoms with Crippen molar-refractivity contribution in [1.82, 2.24) is 0 Å². The van der Waals surface area contributed by atoms with Crippen LogP contribution in [0.5, 0.6) is 0 Å². The normalized spacial score (nSPS) is 18.4. The molecule has 0 aliphatic carbocycles. The first-order valence-electron chi connectivity index (χ1n) is 7.59. The molecular weight excluding hydrogens is 286 g/mol. The molecule has 1 aliphatic heterocycles. The molecule has 5 heteroatoms. The summed E-state index contributed by atoms with van der Waals surface area (Å²) in [7, 11) is -2.93. The van der Waals surface area contributed by atoms with Gasteiger partial charge in [0, 0.05) is 11.6 Å². The number of amides is 1. The van der Waals surface area contributed by atoms with Gasteiger partial charge in [-0.15, -0.1) is 0 Å². The van der Waals surface area contributed by atoms with Crippen LogP contribution in [0.3, 0.4) is 0 Å². The Balaban J connectivity index is 2.13. The summed E-state index contributed by atoms with van der Waals surface area (Å²) in [5, 5.41) is 3.04. The van der Waals surface area contributed by atoms with E-state index in [0.29, 0.717) is 12.8 Å². The van der Waals surface area contributed by atoms with Gasteiger partial charge < -0.3 is 5.32 Å². The smallest absolute Gasteiger partial charge is 0.227 e. The van der Waals surface area contributed by atoms with Gasteiger partial charge in [0.1, 0.15) is 9.84 Å². The average molecular weight is 309 g/mol. The molecule has 21 heavy (non-hydrogen) atoms. The standard InChI is InChI=1S/C16H23NO3S/c1-3-12-6-5-7-13(4-2)15(12)17-16(18)14-8-10-21(19,20)11-9-14/h5-7,14H,3-4,8-11H2,1-2H3,(H,17,18). The van der Waals surface area contributed by atoms with E-state index in [2.05, 4.69) is 19.2 Å². The molecule has 0 spiro atoms. The molecule has 0 radical (unpaired) electrons. The Labute approximate surface area is 126 Å². The van der Waals surface area contributed by atoms with E-state index < -0.39 is 9.84 Å². The quantitative estimate of drug-likeness (QED) is 0.930. The number of sulfone groups is 1. The highest BCUT2D eigenvalue weighted by atomic mass is 32.2. The Morgan fingerprint density at radius 3 is 2.14 bits per heavy atom. The number of rotatable bonds is 4. The van der Waals surface area contributed by atoms with Crippen molar-refractivity contribution in [2.45, 2.75) is 39.5 Å². The third-order valence-corrected chi connectivity index (χ3v) is 5.89. The number of carbonyl (C=O) groups is 1. The van der Waals surface area contributed by atoms with Gasteiger partial charge in [0.05, 0.1) is 11.5 Å². The summed E-state index contributed by atoms with van der Waals surface area (Å²) in [6.45, 7) is 4.13. The Morgan fingerprint density at radius 2 is 1.67 bits per heavy atom. The van der Waals surface area contributed by atoms with Crippen LogP contribution in [0, 0.1) is 5.92 Å². The van der Waals surface area contributed by atoms with Crippen LogP contribution in [0.2, 0.25) is 0 Å². The fourth-order valence-corrected chi connectivity index (χ4v) is 4.27. The minimum absolute atomic E-state index is 0.0412. The number of carbonyl (C=O) groups excluding carboxylic acids is 1. The Kier molecular flexibility index (Phi) is 5.04. The molecule has 1 fully saturated rings. The van der Waals surface area contributed by atoms with Gasteiger partial charge in [-0.1, -0.05) is 32.0 Å². The first-order valence-corrected chi connectivity index (χ1v) is 9.41. The summed E-state index contributed by atoms with van der Waals surface area (Å²) in [5.41, 5.74) is 3.18. The fraction of sp³-hybridized carbons (Fsp3) is 0.562. The number of hydrogen-bond donors (Lipinski definition) is 1. The van der Waals surface area contributed by atoms with Gasteiger partial charge in [0.25, 0.3) is 0 Å². The molecule has 1 saturated heterocycles. The molecule has 4 nitrogen and oxygen atoms in total. The summed E-state index contributed by atoms with van der Waals surface area (Å²) < 4.78 is 22.9. The van der Waals surface area contributed by atoms with Crippen molar-refractivity contribution < 1.29 is 13.2 Å². The minimum Gasteiger partial charge on any atom is -0.325 e. The molecule has 0 saturated carbocycles.